The topological polar surface area (TPSA) is 46.2 Å². The Morgan fingerprint density at radius 3 is 2.56 bits per heavy atom. The van der Waals surface area contributed by atoms with Crippen molar-refractivity contribution in [3.63, 3.8) is 0 Å². The Labute approximate surface area is 102 Å². The third-order valence-corrected chi connectivity index (χ3v) is 3.62. The summed E-state index contributed by atoms with van der Waals surface area (Å²) in [5, 5.41) is 9.91. The summed E-state index contributed by atoms with van der Waals surface area (Å²) < 4.78 is 0. The number of aliphatic hydroxyl groups is 1. The second kappa shape index (κ2) is 7.58. The van der Waals surface area contributed by atoms with Gasteiger partial charge in [-0.3, -0.25) is 0 Å². The van der Waals surface area contributed by atoms with E-state index in [1.807, 2.05) is 36.0 Å². The summed E-state index contributed by atoms with van der Waals surface area (Å²) in [6.07, 6.45) is 3.41. The van der Waals surface area contributed by atoms with Gasteiger partial charge in [0, 0.05) is 11.4 Å². The first kappa shape index (κ1) is 13.4. The molecule has 0 aliphatic rings. The van der Waals surface area contributed by atoms with Crippen LogP contribution in [0.2, 0.25) is 0 Å². The van der Waals surface area contributed by atoms with Crippen molar-refractivity contribution in [1.82, 2.24) is 0 Å². The van der Waals surface area contributed by atoms with E-state index >= 15 is 0 Å². The maximum atomic E-state index is 9.91. The molecule has 0 fully saturated rings. The third-order valence-electron chi connectivity index (χ3n) is 2.49. The standard InChI is InChI=1S/C13H21NOS/c1-2-3-4-9-16-10-13(15)11-5-7-12(14)8-6-11/h5-8,13,15H,2-4,9-10,14H2,1H3. The Kier molecular flexibility index (Phi) is 6.34. The fraction of sp³-hybridized carbons (Fsp3) is 0.538. The molecule has 0 aromatic heterocycles. The molecule has 0 saturated carbocycles. The number of nitrogen functional groups attached to an aromatic ring is 1. The van der Waals surface area contributed by atoms with E-state index in [2.05, 4.69) is 6.92 Å². The van der Waals surface area contributed by atoms with Crippen LogP contribution in [-0.2, 0) is 0 Å². The minimum atomic E-state index is -0.368. The fourth-order valence-electron chi connectivity index (χ4n) is 1.46. The number of anilines is 1. The van der Waals surface area contributed by atoms with Crippen LogP contribution in [0.5, 0.6) is 0 Å². The van der Waals surface area contributed by atoms with Crippen LogP contribution >= 0.6 is 11.8 Å². The molecule has 0 saturated heterocycles. The van der Waals surface area contributed by atoms with Crippen LogP contribution in [-0.4, -0.2) is 16.6 Å². The first-order valence-electron chi connectivity index (χ1n) is 5.85. The van der Waals surface area contributed by atoms with Crippen molar-refractivity contribution in [3.8, 4) is 0 Å². The van der Waals surface area contributed by atoms with E-state index < -0.39 is 0 Å². The number of hydrogen-bond donors (Lipinski definition) is 2. The number of hydrogen-bond acceptors (Lipinski definition) is 3. The molecule has 0 heterocycles. The quantitative estimate of drug-likeness (QED) is 0.567. The molecule has 0 radical (unpaired) electrons. The van der Waals surface area contributed by atoms with Gasteiger partial charge < -0.3 is 10.8 Å². The lowest BCUT2D eigenvalue weighted by atomic mass is 10.1. The SMILES string of the molecule is CCCCCSCC(O)c1ccc(N)cc1. The summed E-state index contributed by atoms with van der Waals surface area (Å²) in [6, 6.07) is 7.46. The van der Waals surface area contributed by atoms with E-state index in [0.29, 0.717) is 0 Å². The number of thioether (sulfide) groups is 1. The van der Waals surface area contributed by atoms with Crippen LogP contribution in [0.1, 0.15) is 37.9 Å². The van der Waals surface area contributed by atoms with Gasteiger partial charge in [-0.2, -0.15) is 11.8 Å². The molecule has 1 unspecified atom stereocenters. The average molecular weight is 239 g/mol. The minimum absolute atomic E-state index is 0.368. The van der Waals surface area contributed by atoms with Crippen molar-refractivity contribution < 1.29 is 5.11 Å². The lowest BCUT2D eigenvalue weighted by Crippen LogP contribution is -2.01. The highest BCUT2D eigenvalue weighted by Crippen LogP contribution is 2.20. The van der Waals surface area contributed by atoms with E-state index in [9.17, 15) is 5.11 Å². The number of unbranched alkanes of at least 4 members (excludes halogenated alkanes) is 2. The molecule has 0 aliphatic carbocycles. The Hall–Kier alpha value is -0.670. The average Bonchev–Trinajstić information content (AvgIpc) is 2.29. The Morgan fingerprint density at radius 1 is 1.25 bits per heavy atom. The maximum Gasteiger partial charge on any atom is 0.0880 e. The second-order valence-electron chi connectivity index (χ2n) is 3.96. The van der Waals surface area contributed by atoms with E-state index in [-0.39, 0.29) is 6.10 Å². The van der Waals surface area contributed by atoms with Crippen LogP contribution in [0, 0.1) is 0 Å². The molecule has 2 nitrogen and oxygen atoms in total. The molecule has 1 aromatic rings. The van der Waals surface area contributed by atoms with Crippen LogP contribution in [0.4, 0.5) is 5.69 Å². The fourth-order valence-corrected chi connectivity index (χ4v) is 2.45. The van der Waals surface area contributed by atoms with Gasteiger partial charge in [0.2, 0.25) is 0 Å². The maximum absolute atomic E-state index is 9.91. The predicted octanol–water partition coefficient (Wildman–Crippen LogP) is 3.23. The summed E-state index contributed by atoms with van der Waals surface area (Å²) in [6.45, 7) is 2.20. The summed E-state index contributed by atoms with van der Waals surface area (Å²) in [5.74, 6) is 1.91. The van der Waals surface area contributed by atoms with Crippen LogP contribution < -0.4 is 5.73 Å². The molecule has 90 valence electrons. The van der Waals surface area contributed by atoms with Gasteiger partial charge in [-0.25, -0.2) is 0 Å². The smallest absolute Gasteiger partial charge is 0.0880 e. The lowest BCUT2D eigenvalue weighted by molar-refractivity contribution is 0.204. The highest BCUT2D eigenvalue weighted by molar-refractivity contribution is 7.99. The van der Waals surface area contributed by atoms with Gasteiger partial charge in [-0.05, 0) is 29.9 Å². The largest absolute Gasteiger partial charge is 0.399 e. The Balaban J connectivity index is 2.24. The number of rotatable bonds is 7. The molecule has 0 aliphatic heterocycles. The Bertz CT molecular complexity index is 286. The number of aliphatic hydroxyl groups excluding tert-OH is 1. The molecular weight excluding hydrogens is 218 g/mol. The van der Waals surface area contributed by atoms with Crippen molar-refractivity contribution in [3.05, 3.63) is 29.8 Å². The monoisotopic (exact) mass is 239 g/mol. The molecule has 16 heavy (non-hydrogen) atoms. The zero-order valence-corrected chi connectivity index (χ0v) is 10.7. The molecule has 1 atom stereocenters. The van der Waals surface area contributed by atoms with Crippen molar-refractivity contribution in [2.24, 2.45) is 0 Å². The highest BCUT2D eigenvalue weighted by Gasteiger charge is 2.06. The second-order valence-corrected chi connectivity index (χ2v) is 5.11. The zero-order chi connectivity index (χ0) is 11.8. The molecular formula is C13H21NOS. The van der Waals surface area contributed by atoms with E-state index in [1.54, 1.807) is 0 Å². The summed E-state index contributed by atoms with van der Waals surface area (Å²) in [5.41, 5.74) is 7.29. The number of nitrogens with two attached hydrogens (primary N) is 1. The van der Waals surface area contributed by atoms with E-state index in [4.69, 9.17) is 5.73 Å². The summed E-state index contributed by atoms with van der Waals surface area (Å²) in [7, 11) is 0. The highest BCUT2D eigenvalue weighted by atomic mass is 32.2. The molecule has 1 aromatic carbocycles. The third kappa shape index (κ3) is 4.90. The van der Waals surface area contributed by atoms with Gasteiger partial charge in [0.15, 0.2) is 0 Å². The minimum Gasteiger partial charge on any atom is -0.399 e. The van der Waals surface area contributed by atoms with Gasteiger partial charge in [0.1, 0.15) is 0 Å². The van der Waals surface area contributed by atoms with Crippen molar-refractivity contribution in [1.29, 1.82) is 0 Å². The van der Waals surface area contributed by atoms with E-state index in [0.717, 1.165) is 22.8 Å². The Morgan fingerprint density at radius 2 is 1.94 bits per heavy atom. The lowest BCUT2D eigenvalue weighted by Gasteiger charge is -2.10. The zero-order valence-electron chi connectivity index (χ0n) is 9.86. The van der Waals surface area contributed by atoms with Crippen molar-refractivity contribution >= 4 is 17.4 Å². The molecule has 0 spiro atoms. The predicted molar refractivity (Wildman–Crippen MR) is 72.7 cm³/mol. The number of benzene rings is 1. The molecule has 0 amide bonds. The van der Waals surface area contributed by atoms with Gasteiger partial charge in [-0.15, -0.1) is 0 Å². The van der Waals surface area contributed by atoms with Crippen molar-refractivity contribution in [2.75, 3.05) is 17.2 Å². The first-order chi connectivity index (χ1) is 7.74. The van der Waals surface area contributed by atoms with E-state index in [1.165, 1.54) is 19.3 Å². The van der Waals surface area contributed by atoms with Gasteiger partial charge in [0.05, 0.1) is 6.10 Å². The summed E-state index contributed by atoms with van der Waals surface area (Å²) >= 11 is 1.82. The molecule has 3 heteroatoms. The van der Waals surface area contributed by atoms with Crippen molar-refractivity contribution in [2.45, 2.75) is 32.3 Å². The van der Waals surface area contributed by atoms with Crippen LogP contribution in [0.3, 0.4) is 0 Å². The molecule has 1 rings (SSSR count). The van der Waals surface area contributed by atoms with Gasteiger partial charge in [-0.1, -0.05) is 31.9 Å². The van der Waals surface area contributed by atoms with Gasteiger partial charge >= 0.3 is 0 Å². The normalized spacial score (nSPS) is 12.6. The van der Waals surface area contributed by atoms with Crippen LogP contribution in [0.15, 0.2) is 24.3 Å². The van der Waals surface area contributed by atoms with Gasteiger partial charge in [0.25, 0.3) is 0 Å². The molecule has 0 bridgehead atoms. The first-order valence-corrected chi connectivity index (χ1v) is 7.00. The van der Waals surface area contributed by atoms with Crippen LogP contribution in [0.25, 0.3) is 0 Å². The summed E-state index contributed by atoms with van der Waals surface area (Å²) in [4.78, 5) is 0. The molecule has 3 N–H and O–H groups in total.